The second kappa shape index (κ2) is 4.46. The van der Waals surface area contributed by atoms with Gasteiger partial charge >= 0.3 is 0 Å². The predicted molar refractivity (Wildman–Crippen MR) is 89.5 cm³/mol. The van der Waals surface area contributed by atoms with E-state index in [0.29, 0.717) is 0 Å². The Morgan fingerprint density at radius 3 is 2.25 bits per heavy atom. The van der Waals surface area contributed by atoms with E-state index in [4.69, 9.17) is 0 Å². The summed E-state index contributed by atoms with van der Waals surface area (Å²) in [5, 5.41) is 4.02. The molecule has 0 radical (unpaired) electrons. The molecule has 0 N–H and O–H groups in total. The molecule has 0 unspecified atom stereocenters. The van der Waals surface area contributed by atoms with Crippen LogP contribution in [0.2, 0.25) is 0 Å². The highest BCUT2D eigenvalue weighted by molar-refractivity contribution is 7.22. The number of hydrogen-bond donors (Lipinski definition) is 0. The van der Waals surface area contributed by atoms with Crippen molar-refractivity contribution in [2.24, 2.45) is 0 Å². The van der Waals surface area contributed by atoms with Gasteiger partial charge in [-0.15, -0.1) is 11.3 Å². The van der Waals surface area contributed by atoms with E-state index in [1.54, 1.807) is 0 Å². The highest BCUT2D eigenvalue weighted by Gasteiger charge is 2.11. The van der Waals surface area contributed by atoms with Crippen molar-refractivity contribution in [1.82, 2.24) is 0 Å². The number of fused-ring (bicyclic) bond motifs is 2. The molecule has 0 amide bonds. The topological polar surface area (TPSA) is 0 Å². The molecular weight excluding hydrogens is 260 g/mol. The Kier molecular flexibility index (Phi) is 2.61. The van der Waals surface area contributed by atoms with Crippen molar-refractivity contribution in [2.75, 3.05) is 0 Å². The molecule has 0 aliphatic heterocycles. The van der Waals surface area contributed by atoms with Crippen molar-refractivity contribution in [2.45, 2.75) is 6.92 Å². The Morgan fingerprint density at radius 1 is 0.700 bits per heavy atom. The van der Waals surface area contributed by atoms with E-state index >= 15 is 0 Å². The first-order valence-electron chi connectivity index (χ1n) is 6.81. The van der Waals surface area contributed by atoms with E-state index in [0.717, 1.165) is 0 Å². The summed E-state index contributed by atoms with van der Waals surface area (Å²) in [6, 6.07) is 23.9. The normalized spacial score (nSPS) is 11.2. The summed E-state index contributed by atoms with van der Waals surface area (Å²) in [5.74, 6) is 0. The lowest BCUT2D eigenvalue weighted by molar-refractivity contribution is 1.58. The molecule has 0 saturated heterocycles. The third-order valence-electron chi connectivity index (χ3n) is 3.88. The minimum Gasteiger partial charge on any atom is -0.135 e. The van der Waals surface area contributed by atoms with E-state index in [-0.39, 0.29) is 0 Å². The zero-order chi connectivity index (χ0) is 13.5. The van der Waals surface area contributed by atoms with Crippen molar-refractivity contribution in [3.63, 3.8) is 0 Å². The van der Waals surface area contributed by atoms with E-state index in [1.165, 1.54) is 36.9 Å². The van der Waals surface area contributed by atoms with Gasteiger partial charge in [0, 0.05) is 9.58 Å². The lowest BCUT2D eigenvalue weighted by atomic mass is 10.0. The van der Waals surface area contributed by atoms with Gasteiger partial charge in [0.1, 0.15) is 0 Å². The van der Waals surface area contributed by atoms with Gasteiger partial charge in [-0.2, -0.15) is 0 Å². The first kappa shape index (κ1) is 11.7. The van der Waals surface area contributed by atoms with Crippen LogP contribution in [-0.4, -0.2) is 0 Å². The van der Waals surface area contributed by atoms with Crippen LogP contribution in [0.3, 0.4) is 0 Å². The Balaban J connectivity index is 2.09. The van der Waals surface area contributed by atoms with Gasteiger partial charge in [0.15, 0.2) is 0 Å². The van der Waals surface area contributed by atoms with E-state index < -0.39 is 0 Å². The first-order valence-corrected chi connectivity index (χ1v) is 7.62. The fraction of sp³-hybridized carbons (Fsp3) is 0.0526. The van der Waals surface area contributed by atoms with Crippen LogP contribution in [0.5, 0.6) is 0 Å². The van der Waals surface area contributed by atoms with Gasteiger partial charge in [0.05, 0.1) is 0 Å². The summed E-state index contributed by atoms with van der Waals surface area (Å²) < 4.78 is 1.37. The Bertz CT molecular complexity index is 910. The van der Waals surface area contributed by atoms with Crippen molar-refractivity contribution in [1.29, 1.82) is 0 Å². The second-order valence-corrected chi connectivity index (χ2v) is 6.13. The molecule has 96 valence electrons. The van der Waals surface area contributed by atoms with Crippen LogP contribution in [0, 0.1) is 6.92 Å². The number of thiophene rings is 1. The van der Waals surface area contributed by atoms with E-state index in [1.807, 2.05) is 11.3 Å². The maximum atomic E-state index is 2.24. The molecule has 0 aliphatic carbocycles. The van der Waals surface area contributed by atoms with Crippen LogP contribution < -0.4 is 0 Å². The molecule has 0 atom stereocenters. The summed E-state index contributed by atoms with van der Waals surface area (Å²) >= 11 is 1.89. The Morgan fingerprint density at radius 2 is 1.40 bits per heavy atom. The molecule has 0 bridgehead atoms. The van der Waals surface area contributed by atoms with Crippen molar-refractivity contribution in [3.05, 3.63) is 72.3 Å². The third-order valence-corrected chi connectivity index (χ3v) is 5.18. The van der Waals surface area contributed by atoms with Crippen LogP contribution >= 0.6 is 11.3 Å². The first-order chi connectivity index (χ1) is 9.84. The molecule has 1 heterocycles. The summed E-state index contributed by atoms with van der Waals surface area (Å²) in [4.78, 5) is 1.39. The molecule has 0 spiro atoms. The molecule has 0 saturated carbocycles. The van der Waals surface area contributed by atoms with Crippen LogP contribution in [0.25, 0.3) is 31.3 Å². The van der Waals surface area contributed by atoms with Gasteiger partial charge in [0.2, 0.25) is 0 Å². The largest absolute Gasteiger partial charge is 0.135 e. The molecule has 1 aromatic heterocycles. The van der Waals surface area contributed by atoms with E-state index in [2.05, 4.69) is 73.7 Å². The number of aryl methyl sites for hydroxylation is 1. The second-order valence-electron chi connectivity index (χ2n) is 5.08. The fourth-order valence-corrected chi connectivity index (χ4v) is 4.10. The lowest BCUT2D eigenvalue weighted by Gasteiger charge is -2.05. The zero-order valence-corrected chi connectivity index (χ0v) is 12.1. The number of hydrogen-bond acceptors (Lipinski definition) is 1. The predicted octanol–water partition coefficient (Wildman–Crippen LogP) is 6.03. The van der Waals surface area contributed by atoms with Gasteiger partial charge in [0.25, 0.3) is 0 Å². The SMILES string of the molecule is Cc1c(-c2cccc3ccccc23)sc2ccccc12. The van der Waals surface area contributed by atoms with Gasteiger partial charge in [-0.25, -0.2) is 0 Å². The molecule has 0 fully saturated rings. The quantitative estimate of drug-likeness (QED) is 0.397. The smallest absolute Gasteiger partial charge is 0.0390 e. The van der Waals surface area contributed by atoms with Crippen LogP contribution in [0.4, 0.5) is 0 Å². The van der Waals surface area contributed by atoms with Crippen LogP contribution in [0.15, 0.2) is 66.7 Å². The van der Waals surface area contributed by atoms with Crippen molar-refractivity contribution >= 4 is 32.2 Å². The van der Waals surface area contributed by atoms with Crippen LogP contribution in [0.1, 0.15) is 5.56 Å². The lowest BCUT2D eigenvalue weighted by Crippen LogP contribution is -1.80. The number of rotatable bonds is 1. The number of benzene rings is 3. The van der Waals surface area contributed by atoms with Gasteiger partial charge in [-0.3, -0.25) is 0 Å². The summed E-state index contributed by atoms with van der Waals surface area (Å²) in [7, 11) is 0. The molecule has 0 nitrogen and oxygen atoms in total. The Labute approximate surface area is 122 Å². The maximum Gasteiger partial charge on any atom is 0.0390 e. The average molecular weight is 274 g/mol. The highest BCUT2D eigenvalue weighted by Crippen LogP contribution is 2.40. The van der Waals surface area contributed by atoms with E-state index in [9.17, 15) is 0 Å². The minimum atomic E-state index is 1.31. The molecule has 20 heavy (non-hydrogen) atoms. The molecule has 4 aromatic rings. The van der Waals surface area contributed by atoms with Crippen LogP contribution in [-0.2, 0) is 0 Å². The van der Waals surface area contributed by atoms with Gasteiger partial charge < -0.3 is 0 Å². The zero-order valence-electron chi connectivity index (χ0n) is 11.3. The highest BCUT2D eigenvalue weighted by atomic mass is 32.1. The Hall–Kier alpha value is -2.12. The third kappa shape index (κ3) is 1.67. The fourth-order valence-electron chi connectivity index (χ4n) is 2.85. The van der Waals surface area contributed by atoms with Gasteiger partial charge in [-0.05, 0) is 40.3 Å². The summed E-state index contributed by atoms with van der Waals surface area (Å²) in [5.41, 5.74) is 2.74. The maximum absolute atomic E-state index is 2.24. The molecular formula is C19H14S. The van der Waals surface area contributed by atoms with Gasteiger partial charge in [-0.1, -0.05) is 60.7 Å². The molecule has 0 aliphatic rings. The summed E-state index contributed by atoms with van der Waals surface area (Å²) in [6.07, 6.45) is 0. The summed E-state index contributed by atoms with van der Waals surface area (Å²) in [6.45, 7) is 2.23. The minimum absolute atomic E-state index is 1.31. The average Bonchev–Trinajstić information content (AvgIpc) is 2.84. The molecule has 1 heteroatoms. The monoisotopic (exact) mass is 274 g/mol. The molecule has 4 rings (SSSR count). The van der Waals surface area contributed by atoms with Crippen molar-refractivity contribution < 1.29 is 0 Å². The molecule has 3 aromatic carbocycles. The standard InChI is InChI=1S/C19H14S/c1-13-15-9-4-5-12-18(15)20-19(13)17-11-6-8-14-7-2-3-10-16(14)17/h2-12H,1H3. The van der Waals surface area contributed by atoms with Crippen molar-refractivity contribution in [3.8, 4) is 10.4 Å².